The van der Waals surface area contributed by atoms with Crippen molar-refractivity contribution in [2.45, 2.75) is 26.0 Å². The van der Waals surface area contributed by atoms with Gasteiger partial charge in [0.15, 0.2) is 9.84 Å². The van der Waals surface area contributed by atoms with Gasteiger partial charge in [-0.15, -0.1) is 0 Å². The second-order valence-corrected chi connectivity index (χ2v) is 7.29. The number of hydrogen-bond acceptors (Lipinski definition) is 4. The number of sulfone groups is 1. The fourth-order valence-corrected chi connectivity index (χ4v) is 3.93. The molecule has 1 saturated heterocycles. The van der Waals surface area contributed by atoms with Crippen LogP contribution in [0.1, 0.15) is 18.9 Å². The molecule has 0 bridgehead atoms. The van der Waals surface area contributed by atoms with E-state index in [1.807, 2.05) is 19.1 Å². The normalized spacial score (nSPS) is 21.5. The lowest BCUT2D eigenvalue weighted by Gasteiger charge is -2.17. The molecule has 0 aliphatic carbocycles. The minimum Gasteiger partial charge on any atom is -0.487 e. The van der Waals surface area contributed by atoms with Gasteiger partial charge < -0.3 is 10.1 Å². The molecule has 1 N–H and O–H groups in total. The SMILES string of the molecule is CCNCc1cccc(Cl)c1OC1CCS(=O)(=O)C1. The van der Waals surface area contributed by atoms with Gasteiger partial charge in [0, 0.05) is 12.1 Å². The molecule has 0 aromatic heterocycles. The van der Waals surface area contributed by atoms with E-state index in [0.29, 0.717) is 23.7 Å². The molecule has 4 nitrogen and oxygen atoms in total. The topological polar surface area (TPSA) is 55.4 Å². The molecule has 1 fully saturated rings. The Balaban J connectivity index is 2.15. The maximum absolute atomic E-state index is 11.4. The zero-order valence-electron chi connectivity index (χ0n) is 10.9. The van der Waals surface area contributed by atoms with Crippen LogP contribution in [0, 0.1) is 0 Å². The Kier molecular flexibility index (Phi) is 4.71. The summed E-state index contributed by atoms with van der Waals surface area (Å²) in [6.07, 6.45) is 0.249. The molecular formula is C13H18ClNO3S. The van der Waals surface area contributed by atoms with Crippen LogP contribution in [0.4, 0.5) is 0 Å². The van der Waals surface area contributed by atoms with E-state index in [1.54, 1.807) is 6.07 Å². The van der Waals surface area contributed by atoms with E-state index in [0.717, 1.165) is 12.1 Å². The summed E-state index contributed by atoms with van der Waals surface area (Å²) in [5.41, 5.74) is 0.957. The van der Waals surface area contributed by atoms with Crippen molar-refractivity contribution < 1.29 is 13.2 Å². The van der Waals surface area contributed by atoms with Crippen LogP contribution in [0.15, 0.2) is 18.2 Å². The molecule has 1 aliphatic heterocycles. The smallest absolute Gasteiger partial charge is 0.154 e. The standard InChI is InChI=1S/C13H18ClNO3S/c1-2-15-8-10-4-3-5-12(14)13(10)18-11-6-7-19(16,17)9-11/h3-5,11,15H,2,6-9H2,1H3. The second kappa shape index (κ2) is 6.11. The molecule has 1 heterocycles. The van der Waals surface area contributed by atoms with Gasteiger partial charge in [0.25, 0.3) is 0 Å². The summed E-state index contributed by atoms with van der Waals surface area (Å²) >= 11 is 6.16. The molecule has 0 amide bonds. The maximum atomic E-state index is 11.4. The van der Waals surface area contributed by atoms with Crippen molar-refractivity contribution in [2.75, 3.05) is 18.1 Å². The van der Waals surface area contributed by atoms with E-state index in [9.17, 15) is 8.42 Å². The van der Waals surface area contributed by atoms with Gasteiger partial charge in [-0.1, -0.05) is 30.7 Å². The fourth-order valence-electron chi connectivity index (χ4n) is 2.10. The summed E-state index contributed by atoms with van der Waals surface area (Å²) in [7, 11) is -2.94. The van der Waals surface area contributed by atoms with Crippen LogP contribution in [0.25, 0.3) is 0 Å². The van der Waals surface area contributed by atoms with E-state index >= 15 is 0 Å². The van der Waals surface area contributed by atoms with Gasteiger partial charge >= 0.3 is 0 Å². The van der Waals surface area contributed by atoms with Gasteiger partial charge in [0.2, 0.25) is 0 Å². The van der Waals surface area contributed by atoms with Crippen LogP contribution >= 0.6 is 11.6 Å². The predicted molar refractivity (Wildman–Crippen MR) is 76.5 cm³/mol. The molecule has 0 saturated carbocycles. The first kappa shape index (κ1) is 14.6. The average Bonchev–Trinajstić information content (AvgIpc) is 2.69. The Morgan fingerprint density at radius 1 is 1.47 bits per heavy atom. The molecule has 106 valence electrons. The zero-order chi connectivity index (χ0) is 13.9. The molecule has 19 heavy (non-hydrogen) atoms. The molecule has 0 spiro atoms. The highest BCUT2D eigenvalue weighted by atomic mass is 35.5. The third-order valence-corrected chi connectivity index (χ3v) is 5.12. The summed E-state index contributed by atoms with van der Waals surface area (Å²) in [6, 6.07) is 5.57. The fraction of sp³-hybridized carbons (Fsp3) is 0.538. The number of benzene rings is 1. The van der Waals surface area contributed by atoms with Crippen LogP contribution in [-0.4, -0.2) is 32.6 Å². The monoisotopic (exact) mass is 303 g/mol. The first-order valence-electron chi connectivity index (χ1n) is 6.37. The highest BCUT2D eigenvalue weighted by molar-refractivity contribution is 7.91. The third-order valence-electron chi connectivity index (χ3n) is 3.09. The molecule has 1 atom stereocenters. The summed E-state index contributed by atoms with van der Waals surface area (Å²) < 4.78 is 28.7. The average molecular weight is 304 g/mol. The number of ether oxygens (including phenoxy) is 1. The first-order valence-corrected chi connectivity index (χ1v) is 8.57. The third kappa shape index (κ3) is 3.84. The Morgan fingerprint density at radius 2 is 2.26 bits per heavy atom. The lowest BCUT2D eigenvalue weighted by molar-refractivity contribution is 0.226. The summed E-state index contributed by atoms with van der Waals surface area (Å²) in [5, 5.41) is 3.74. The Labute approximate surface area is 119 Å². The van der Waals surface area contributed by atoms with Crippen LogP contribution in [-0.2, 0) is 16.4 Å². The molecule has 1 aliphatic rings. The van der Waals surface area contributed by atoms with Crippen LogP contribution in [0.3, 0.4) is 0 Å². The van der Waals surface area contributed by atoms with Crippen LogP contribution in [0.2, 0.25) is 5.02 Å². The van der Waals surface area contributed by atoms with Crippen molar-refractivity contribution in [1.82, 2.24) is 5.32 Å². The van der Waals surface area contributed by atoms with Crippen molar-refractivity contribution in [2.24, 2.45) is 0 Å². The number of nitrogens with one attached hydrogen (secondary N) is 1. The van der Waals surface area contributed by atoms with E-state index in [4.69, 9.17) is 16.3 Å². The van der Waals surface area contributed by atoms with E-state index in [-0.39, 0.29) is 17.6 Å². The van der Waals surface area contributed by atoms with Gasteiger partial charge in [0.05, 0.1) is 16.5 Å². The minimum absolute atomic E-state index is 0.0822. The molecule has 1 aromatic carbocycles. The van der Waals surface area contributed by atoms with E-state index in [1.165, 1.54) is 0 Å². The zero-order valence-corrected chi connectivity index (χ0v) is 12.4. The Bertz CT molecular complexity index is 545. The highest BCUT2D eigenvalue weighted by Gasteiger charge is 2.30. The molecule has 1 aromatic rings. The van der Waals surface area contributed by atoms with Crippen molar-refractivity contribution in [1.29, 1.82) is 0 Å². The lowest BCUT2D eigenvalue weighted by atomic mass is 10.2. The molecule has 1 unspecified atom stereocenters. The van der Waals surface area contributed by atoms with Gasteiger partial charge in [-0.3, -0.25) is 0 Å². The summed E-state index contributed by atoms with van der Waals surface area (Å²) in [5.74, 6) is 0.885. The Morgan fingerprint density at radius 3 is 2.89 bits per heavy atom. The molecule has 2 rings (SSSR count). The van der Waals surface area contributed by atoms with Gasteiger partial charge in [-0.05, 0) is 19.0 Å². The molecule has 6 heteroatoms. The van der Waals surface area contributed by atoms with Gasteiger partial charge in [0.1, 0.15) is 11.9 Å². The summed E-state index contributed by atoms with van der Waals surface area (Å²) in [4.78, 5) is 0. The van der Waals surface area contributed by atoms with Crippen LogP contribution in [0.5, 0.6) is 5.75 Å². The number of rotatable bonds is 5. The number of hydrogen-bond donors (Lipinski definition) is 1. The predicted octanol–water partition coefficient (Wildman–Crippen LogP) is 2.02. The van der Waals surface area contributed by atoms with E-state index < -0.39 is 9.84 Å². The van der Waals surface area contributed by atoms with Gasteiger partial charge in [-0.25, -0.2) is 8.42 Å². The second-order valence-electron chi connectivity index (χ2n) is 4.65. The Hall–Kier alpha value is -0.780. The van der Waals surface area contributed by atoms with Gasteiger partial charge in [-0.2, -0.15) is 0 Å². The number of halogens is 1. The van der Waals surface area contributed by atoms with E-state index in [2.05, 4.69) is 5.32 Å². The van der Waals surface area contributed by atoms with Crippen molar-refractivity contribution in [3.8, 4) is 5.75 Å². The van der Waals surface area contributed by atoms with Crippen LogP contribution < -0.4 is 10.1 Å². The largest absolute Gasteiger partial charge is 0.487 e. The minimum atomic E-state index is -2.94. The molecular weight excluding hydrogens is 286 g/mol. The van der Waals surface area contributed by atoms with Crippen molar-refractivity contribution in [3.63, 3.8) is 0 Å². The van der Waals surface area contributed by atoms with Crippen molar-refractivity contribution >= 4 is 21.4 Å². The quantitative estimate of drug-likeness (QED) is 0.904. The van der Waals surface area contributed by atoms with Crippen molar-refractivity contribution in [3.05, 3.63) is 28.8 Å². The number of para-hydroxylation sites is 1. The molecule has 0 radical (unpaired) electrons. The maximum Gasteiger partial charge on any atom is 0.154 e. The highest BCUT2D eigenvalue weighted by Crippen LogP contribution is 2.31. The summed E-state index contributed by atoms with van der Waals surface area (Å²) in [6.45, 7) is 3.53. The first-order chi connectivity index (χ1) is 9.02. The lowest BCUT2D eigenvalue weighted by Crippen LogP contribution is -2.20.